The largest absolute Gasteiger partial charge is 0.487 e. The summed E-state index contributed by atoms with van der Waals surface area (Å²) in [7, 11) is 0. The van der Waals surface area contributed by atoms with Gasteiger partial charge < -0.3 is 20.5 Å². The van der Waals surface area contributed by atoms with E-state index < -0.39 is 12.1 Å². The van der Waals surface area contributed by atoms with Gasteiger partial charge in [-0.2, -0.15) is 0 Å². The Labute approximate surface area is 290 Å². The summed E-state index contributed by atoms with van der Waals surface area (Å²) in [5, 5.41) is 18.9. The second-order valence-corrected chi connectivity index (χ2v) is 14.4. The van der Waals surface area contributed by atoms with Crippen LogP contribution in [0.5, 0.6) is 5.75 Å². The number of pyridine rings is 2. The summed E-state index contributed by atoms with van der Waals surface area (Å²) in [5.74, 6) is 1.09. The van der Waals surface area contributed by atoms with Gasteiger partial charge in [0.2, 0.25) is 0 Å². The molecule has 1 spiro atoms. The number of ether oxygens (including phenoxy) is 1. The first-order chi connectivity index (χ1) is 24.0. The quantitative estimate of drug-likeness (QED) is 0.152. The maximum Gasteiger partial charge on any atom is 0.251 e. The normalized spacial score (nSPS) is 19.9. The van der Waals surface area contributed by atoms with Crippen LogP contribution in [0, 0.1) is 0 Å². The van der Waals surface area contributed by atoms with Gasteiger partial charge >= 0.3 is 0 Å². The lowest BCUT2D eigenvalue weighted by molar-refractivity contribution is 0.0326. The van der Waals surface area contributed by atoms with Crippen LogP contribution in [0.3, 0.4) is 0 Å². The molecule has 3 atom stereocenters. The van der Waals surface area contributed by atoms with E-state index in [2.05, 4.69) is 52.9 Å². The fourth-order valence-electron chi connectivity index (χ4n) is 8.19. The van der Waals surface area contributed by atoms with Gasteiger partial charge in [0, 0.05) is 47.9 Å². The zero-order chi connectivity index (χ0) is 33.6. The number of benzene rings is 2. The molecule has 7 nitrogen and oxygen atoms in total. The number of aryl methyl sites for hydroxylation is 1. The number of aromatic nitrogens is 2. The van der Waals surface area contributed by atoms with Crippen molar-refractivity contribution >= 4 is 5.91 Å². The number of fused-ring (bicyclic) bond motifs is 1. The monoisotopic (exact) mass is 658 g/mol. The molecule has 1 amide bonds. The molecule has 0 bridgehead atoms. The molecule has 2 fully saturated rings. The summed E-state index contributed by atoms with van der Waals surface area (Å²) < 4.78 is 6.67. The van der Waals surface area contributed by atoms with E-state index in [9.17, 15) is 9.90 Å². The molecule has 2 aromatic heterocycles. The molecule has 0 radical (unpaired) electrons. The Morgan fingerprint density at radius 3 is 2.47 bits per heavy atom. The summed E-state index contributed by atoms with van der Waals surface area (Å²) in [6, 6.07) is 25.8. The number of hydrogen-bond donors (Lipinski definition) is 3. The number of carbonyl (C=O) groups excluding carboxylic acids is 1. The Morgan fingerprint density at radius 2 is 1.71 bits per heavy atom. The van der Waals surface area contributed by atoms with Gasteiger partial charge in [-0.3, -0.25) is 14.8 Å². The molecule has 4 aromatic rings. The maximum absolute atomic E-state index is 14.2. The van der Waals surface area contributed by atoms with Crippen LogP contribution in [0.15, 0.2) is 85.1 Å². The van der Waals surface area contributed by atoms with Crippen molar-refractivity contribution in [2.45, 2.75) is 114 Å². The number of aliphatic hydroxyl groups excluding tert-OH is 1. The lowest BCUT2D eigenvalue weighted by Crippen LogP contribution is -2.50. The maximum atomic E-state index is 14.2. The molecule has 2 aliphatic carbocycles. The molecule has 1 aliphatic heterocycles. The first kappa shape index (κ1) is 33.4. The third-order valence-corrected chi connectivity index (χ3v) is 11.0. The van der Waals surface area contributed by atoms with Gasteiger partial charge in [0.25, 0.3) is 5.91 Å². The minimum absolute atomic E-state index is 0.0651. The zero-order valence-electron chi connectivity index (χ0n) is 28.7. The SMILES string of the molecule is CCc1ccc2c(c1)[C@@H](NC[C@@H](O)[C@H](Cc1ccccc1)NC(=O)c1cc(-c3ccccn3)nc(C3CCCCC3)c1)CC1(CCCC1)O2. The van der Waals surface area contributed by atoms with Crippen molar-refractivity contribution in [1.82, 2.24) is 20.6 Å². The van der Waals surface area contributed by atoms with E-state index in [4.69, 9.17) is 9.72 Å². The van der Waals surface area contributed by atoms with E-state index in [1.54, 1.807) is 6.20 Å². The second kappa shape index (κ2) is 15.2. The van der Waals surface area contributed by atoms with Crippen LogP contribution in [0.1, 0.15) is 116 Å². The Kier molecular flexibility index (Phi) is 10.4. The van der Waals surface area contributed by atoms with E-state index in [-0.39, 0.29) is 17.6 Å². The highest BCUT2D eigenvalue weighted by atomic mass is 16.5. The van der Waals surface area contributed by atoms with Crippen molar-refractivity contribution in [3.63, 3.8) is 0 Å². The standard InChI is InChI=1S/C42H50N4O3/c1-2-29-18-19-40-33(23-29)38(27-42(49-40)20-10-11-21-42)44-28-39(47)37(24-30-13-5-3-6-14-30)46-41(48)32-25-35(31-15-7-4-8-16-31)45-36(26-32)34-17-9-12-22-43-34/h3,5-6,9,12-14,17-19,22-23,25-26,31,37-39,44,47H,2,4,7-8,10-11,15-16,20-21,24,27-28H2,1H3,(H,46,48)/t37-,38-,39+/m0/s1. The van der Waals surface area contributed by atoms with Crippen LogP contribution < -0.4 is 15.4 Å². The predicted octanol–water partition coefficient (Wildman–Crippen LogP) is 7.88. The van der Waals surface area contributed by atoms with E-state index in [0.29, 0.717) is 30.1 Å². The average molecular weight is 659 g/mol. The van der Waals surface area contributed by atoms with E-state index in [1.165, 1.54) is 43.2 Å². The molecule has 7 heteroatoms. The third-order valence-electron chi connectivity index (χ3n) is 11.0. The molecular formula is C42H50N4O3. The van der Waals surface area contributed by atoms with Crippen molar-refractivity contribution in [3.8, 4) is 17.1 Å². The van der Waals surface area contributed by atoms with Crippen LogP contribution in [-0.2, 0) is 12.8 Å². The lowest BCUT2D eigenvalue weighted by atomic mass is 9.85. The first-order valence-electron chi connectivity index (χ1n) is 18.5. The third kappa shape index (κ3) is 7.89. The number of nitrogens with zero attached hydrogens (tertiary/aromatic N) is 2. The Balaban J connectivity index is 1.14. The summed E-state index contributed by atoms with van der Waals surface area (Å²) in [6.45, 7) is 2.52. The van der Waals surface area contributed by atoms with Gasteiger partial charge in [0.15, 0.2) is 0 Å². The number of nitrogens with one attached hydrogen (secondary N) is 2. The minimum atomic E-state index is -0.820. The van der Waals surface area contributed by atoms with Gasteiger partial charge in [-0.05, 0) is 92.8 Å². The van der Waals surface area contributed by atoms with Gasteiger partial charge in [-0.1, -0.05) is 74.7 Å². The van der Waals surface area contributed by atoms with E-state index >= 15 is 0 Å². The molecule has 2 aromatic carbocycles. The first-order valence-corrected chi connectivity index (χ1v) is 18.5. The van der Waals surface area contributed by atoms with Gasteiger partial charge in [-0.25, -0.2) is 0 Å². The molecule has 3 N–H and O–H groups in total. The topological polar surface area (TPSA) is 96.4 Å². The van der Waals surface area contributed by atoms with Gasteiger partial charge in [-0.15, -0.1) is 0 Å². The summed E-state index contributed by atoms with van der Waals surface area (Å²) >= 11 is 0. The van der Waals surface area contributed by atoms with Crippen LogP contribution >= 0.6 is 0 Å². The summed E-state index contributed by atoms with van der Waals surface area (Å²) in [4.78, 5) is 23.7. The number of rotatable bonds is 11. The molecule has 3 aliphatic rings. The molecule has 0 unspecified atom stereocenters. The average Bonchev–Trinajstić information content (AvgIpc) is 3.61. The molecule has 256 valence electrons. The zero-order valence-corrected chi connectivity index (χ0v) is 28.7. The van der Waals surface area contributed by atoms with Crippen LogP contribution in [0.2, 0.25) is 0 Å². The van der Waals surface area contributed by atoms with Gasteiger partial charge in [0.05, 0.1) is 23.5 Å². The van der Waals surface area contributed by atoms with Crippen molar-refractivity contribution in [3.05, 3.63) is 113 Å². The molecule has 49 heavy (non-hydrogen) atoms. The number of carbonyl (C=O) groups is 1. The summed E-state index contributed by atoms with van der Waals surface area (Å²) in [6.07, 6.45) is 13.5. The van der Waals surface area contributed by atoms with E-state index in [1.807, 2.05) is 48.5 Å². The molecule has 3 heterocycles. The molecule has 7 rings (SSSR count). The van der Waals surface area contributed by atoms with Crippen LogP contribution in [-0.4, -0.2) is 45.3 Å². The fourth-order valence-corrected chi connectivity index (χ4v) is 8.19. The Bertz CT molecular complexity index is 1700. The highest BCUT2D eigenvalue weighted by Crippen LogP contribution is 2.47. The number of aliphatic hydroxyl groups is 1. The molecule has 2 saturated carbocycles. The number of hydrogen-bond acceptors (Lipinski definition) is 6. The Hall–Kier alpha value is -4.07. The van der Waals surface area contributed by atoms with E-state index in [0.717, 1.165) is 61.2 Å². The highest BCUT2D eigenvalue weighted by Gasteiger charge is 2.43. The second-order valence-electron chi connectivity index (χ2n) is 14.4. The lowest BCUT2D eigenvalue weighted by Gasteiger charge is -2.41. The fraction of sp³-hybridized carbons (Fsp3) is 0.452. The Morgan fingerprint density at radius 1 is 0.918 bits per heavy atom. The highest BCUT2D eigenvalue weighted by molar-refractivity contribution is 5.95. The molecular weight excluding hydrogens is 608 g/mol. The van der Waals surface area contributed by atoms with Crippen molar-refractivity contribution in [2.75, 3.05) is 6.54 Å². The molecule has 0 saturated heterocycles. The smallest absolute Gasteiger partial charge is 0.251 e. The van der Waals surface area contributed by atoms with Gasteiger partial charge in [0.1, 0.15) is 11.4 Å². The van der Waals surface area contributed by atoms with Crippen molar-refractivity contribution in [2.24, 2.45) is 0 Å². The van der Waals surface area contributed by atoms with Crippen molar-refractivity contribution < 1.29 is 14.6 Å². The predicted molar refractivity (Wildman–Crippen MR) is 194 cm³/mol. The van der Waals surface area contributed by atoms with Crippen LogP contribution in [0.25, 0.3) is 11.4 Å². The van der Waals surface area contributed by atoms with Crippen molar-refractivity contribution in [1.29, 1.82) is 0 Å². The minimum Gasteiger partial charge on any atom is -0.487 e. The summed E-state index contributed by atoms with van der Waals surface area (Å²) in [5.41, 5.74) is 6.34. The number of amides is 1. The van der Waals surface area contributed by atoms with Crippen LogP contribution in [0.4, 0.5) is 0 Å².